The van der Waals surface area contributed by atoms with Crippen LogP contribution in [0.4, 0.5) is 0 Å². The molecule has 5 aromatic carbocycles. The van der Waals surface area contributed by atoms with Crippen molar-refractivity contribution in [3.8, 4) is 74.7 Å². The maximum Gasteiger partial charge on any atom is 0.231 e. The topological polar surface area (TPSA) is 229 Å². The highest BCUT2D eigenvalue weighted by molar-refractivity contribution is 5.92. The maximum absolute atomic E-state index is 10.5. The zero-order chi connectivity index (χ0) is 51.3. The lowest BCUT2D eigenvalue weighted by Crippen LogP contribution is -2.17. The number of carbonyl (C=O) groups is 2. The quantitative estimate of drug-likeness (QED) is 0.0336. The van der Waals surface area contributed by atoms with E-state index in [1.807, 2.05) is 58.0 Å². The Morgan fingerprint density at radius 2 is 1.18 bits per heavy atom. The van der Waals surface area contributed by atoms with Gasteiger partial charge in [0.25, 0.3) is 0 Å². The van der Waals surface area contributed by atoms with Crippen molar-refractivity contribution >= 4 is 35.8 Å². The Bertz CT molecular complexity index is 2690. The number of nitrogens with zero attached hydrogens (tertiary/aromatic N) is 1. The van der Waals surface area contributed by atoms with Gasteiger partial charge < -0.3 is 72.5 Å². The van der Waals surface area contributed by atoms with Crippen molar-refractivity contribution in [3.05, 3.63) is 107 Å². The number of phenols is 4. The summed E-state index contributed by atoms with van der Waals surface area (Å²) in [7, 11) is 4.46. The van der Waals surface area contributed by atoms with Gasteiger partial charge in [-0.05, 0) is 124 Å². The summed E-state index contributed by atoms with van der Waals surface area (Å²) in [5.74, 6) is 4.33. The third kappa shape index (κ3) is 15.0. The average molecular weight is 1020 g/mol. The molecule has 1 aromatic heterocycles. The van der Waals surface area contributed by atoms with Gasteiger partial charge in [0.2, 0.25) is 30.8 Å². The predicted molar refractivity (Wildman–Crippen MR) is 269 cm³/mol. The highest BCUT2D eigenvalue weighted by Gasteiger charge is 2.22. The standard InChI is InChI=1S/C20H19NO5.C16H26O4.C9H8O4.C8H8O4.ClH/c1-3-24-16-5-4-14-13(9-21-10-15(14)19(16)22)6-12-7-17(23-2)20-18(8-12)25-11-26-20;1-4-18-14-11-7-9-13(16(14)17)10-8-12-15(19-5-2)20-6-3;1-11-7-2-6(4-10)3-8-9(7)13-5-12-8;1-12-7-3-5(4-9)2-6(10)8(7)11;/h4-5,7-10,22H,3,6,11H2,1-2H3;7,9,11,15,17H,4-6,8,10,12H2,1-3H3;2-4H,5H2,1H3;2-4,10-11H,1H3;1H. The van der Waals surface area contributed by atoms with E-state index in [2.05, 4.69) is 4.98 Å². The molecule has 0 fully saturated rings. The van der Waals surface area contributed by atoms with Crippen LogP contribution in [0.15, 0.2) is 79.1 Å². The number of aldehydes is 2. The molecule has 0 saturated heterocycles. The number of benzene rings is 5. The van der Waals surface area contributed by atoms with Crippen LogP contribution in [0.5, 0.6) is 74.7 Å². The average Bonchev–Trinajstić information content (AvgIpc) is 4.08. The van der Waals surface area contributed by atoms with E-state index in [0.29, 0.717) is 96.1 Å². The number of ether oxygens (including phenoxy) is 11. The van der Waals surface area contributed by atoms with E-state index < -0.39 is 0 Å². The predicted octanol–water partition coefficient (Wildman–Crippen LogP) is 9.76. The minimum atomic E-state index is -0.364. The van der Waals surface area contributed by atoms with Crippen molar-refractivity contribution in [2.75, 3.05) is 61.3 Å². The summed E-state index contributed by atoms with van der Waals surface area (Å²) in [6.07, 6.45) is 7.71. The summed E-state index contributed by atoms with van der Waals surface area (Å²) in [6.45, 7) is 10.4. The first kappa shape index (κ1) is 57.0. The third-order valence-electron chi connectivity index (χ3n) is 10.6. The molecule has 0 atom stereocenters. The van der Waals surface area contributed by atoms with Gasteiger partial charge in [-0.25, -0.2) is 0 Å². The molecule has 0 radical (unpaired) electrons. The highest BCUT2D eigenvalue weighted by atomic mass is 35.5. The number of aromatic hydroxyl groups is 4. The summed E-state index contributed by atoms with van der Waals surface area (Å²) in [5, 5.41) is 40.3. The molecule has 19 heteroatoms. The molecule has 0 saturated carbocycles. The maximum atomic E-state index is 10.5. The Kier molecular flexibility index (Phi) is 22.9. The van der Waals surface area contributed by atoms with Crippen LogP contribution in [0, 0.1) is 0 Å². The number of para-hydroxylation sites is 1. The second-order valence-corrected chi connectivity index (χ2v) is 15.2. The molecule has 0 spiro atoms. The largest absolute Gasteiger partial charge is 0.504 e. The van der Waals surface area contributed by atoms with Gasteiger partial charge in [0.05, 0.1) is 34.5 Å². The lowest BCUT2D eigenvalue weighted by molar-refractivity contribution is -0.140. The first-order valence-electron chi connectivity index (χ1n) is 22.8. The SMILES string of the molecule is CCOc1ccc2c(Cc3cc(OC)c4c(c3)OCO4)cncc2c1O.CCOc1cccc(CCCC(OCC)OCC)c1O.COc1cc(C=O)cc(O)c1O.COc1cc(C=O)cc2c1OCO2.Cl. The second-order valence-electron chi connectivity index (χ2n) is 15.2. The van der Waals surface area contributed by atoms with Gasteiger partial charge in [-0.15, -0.1) is 12.4 Å². The van der Waals surface area contributed by atoms with Crippen LogP contribution in [0.3, 0.4) is 0 Å². The van der Waals surface area contributed by atoms with Gasteiger partial charge in [0.1, 0.15) is 12.6 Å². The Hall–Kier alpha value is -7.54. The molecule has 0 bridgehead atoms. The van der Waals surface area contributed by atoms with Crippen LogP contribution in [0.2, 0.25) is 0 Å². The van der Waals surface area contributed by atoms with Crippen LogP contribution >= 0.6 is 12.4 Å². The van der Waals surface area contributed by atoms with Gasteiger partial charge in [-0.3, -0.25) is 14.6 Å². The molecular weight excluding hydrogens is 958 g/mol. The second kappa shape index (κ2) is 29.0. The van der Waals surface area contributed by atoms with Gasteiger partial charge in [-0.1, -0.05) is 18.2 Å². The summed E-state index contributed by atoms with van der Waals surface area (Å²) in [5.41, 5.74) is 3.67. The monoisotopic (exact) mass is 1020 g/mol. The number of hydrogen-bond donors (Lipinski definition) is 4. The molecule has 8 rings (SSSR count). The van der Waals surface area contributed by atoms with E-state index in [9.17, 15) is 19.8 Å². The van der Waals surface area contributed by atoms with E-state index in [4.69, 9.17) is 62.3 Å². The van der Waals surface area contributed by atoms with Crippen molar-refractivity contribution in [1.29, 1.82) is 0 Å². The van der Waals surface area contributed by atoms with Gasteiger partial charge in [0.15, 0.2) is 63.8 Å². The van der Waals surface area contributed by atoms with Crippen LogP contribution in [-0.2, 0) is 22.3 Å². The summed E-state index contributed by atoms with van der Waals surface area (Å²) in [4.78, 5) is 25.1. The molecule has 0 amide bonds. The molecule has 72 heavy (non-hydrogen) atoms. The molecule has 0 aliphatic carbocycles. The molecule has 18 nitrogen and oxygen atoms in total. The first-order valence-corrected chi connectivity index (χ1v) is 22.8. The van der Waals surface area contributed by atoms with Crippen molar-refractivity contribution in [2.45, 2.75) is 59.7 Å². The van der Waals surface area contributed by atoms with E-state index in [1.165, 1.54) is 20.3 Å². The lowest BCUT2D eigenvalue weighted by atomic mass is 9.99. The van der Waals surface area contributed by atoms with Crippen LogP contribution in [-0.4, -0.2) is 106 Å². The number of carbonyl (C=O) groups excluding carboxylic acids is 2. The molecule has 2 aliphatic heterocycles. The number of methoxy groups -OCH3 is 3. The van der Waals surface area contributed by atoms with Gasteiger partial charge >= 0.3 is 0 Å². The Balaban J connectivity index is 0.000000218. The molecule has 3 heterocycles. The Labute approximate surface area is 424 Å². The summed E-state index contributed by atoms with van der Waals surface area (Å²) >= 11 is 0. The molecule has 2 aliphatic rings. The zero-order valence-electron chi connectivity index (χ0n) is 41.3. The summed E-state index contributed by atoms with van der Waals surface area (Å²) in [6, 6.07) is 18.9. The van der Waals surface area contributed by atoms with E-state index >= 15 is 0 Å². The van der Waals surface area contributed by atoms with Crippen molar-refractivity contribution in [1.82, 2.24) is 4.98 Å². The van der Waals surface area contributed by atoms with Gasteiger partial charge in [0, 0.05) is 42.1 Å². The number of hydrogen-bond acceptors (Lipinski definition) is 18. The number of halogens is 1. The smallest absolute Gasteiger partial charge is 0.231 e. The minimum Gasteiger partial charge on any atom is -0.504 e. The number of aryl methyl sites for hydroxylation is 1. The van der Waals surface area contributed by atoms with Crippen molar-refractivity contribution in [2.24, 2.45) is 0 Å². The molecule has 0 unspecified atom stereocenters. The molecule has 6 aromatic rings. The molecule has 388 valence electrons. The molecule has 4 N–H and O–H groups in total. The number of rotatable bonds is 19. The Morgan fingerprint density at radius 3 is 1.78 bits per heavy atom. The highest BCUT2D eigenvalue weighted by Crippen LogP contribution is 2.44. The van der Waals surface area contributed by atoms with Crippen LogP contribution < -0.4 is 42.6 Å². The van der Waals surface area contributed by atoms with Crippen molar-refractivity contribution in [3.63, 3.8) is 0 Å². The van der Waals surface area contributed by atoms with E-state index in [1.54, 1.807) is 43.8 Å². The fourth-order valence-electron chi connectivity index (χ4n) is 7.33. The first-order chi connectivity index (χ1) is 34.5. The Morgan fingerprint density at radius 1 is 0.597 bits per heavy atom. The molecular formula is C53H62ClNO17. The van der Waals surface area contributed by atoms with Crippen molar-refractivity contribution < 1.29 is 82.1 Å². The number of phenolic OH excluding ortho intramolecular Hbond substituents is 4. The third-order valence-corrected chi connectivity index (χ3v) is 10.6. The normalized spacial score (nSPS) is 11.4. The van der Waals surface area contributed by atoms with E-state index in [-0.39, 0.29) is 66.6 Å². The van der Waals surface area contributed by atoms with Crippen LogP contribution in [0.1, 0.15) is 77.9 Å². The number of aromatic nitrogens is 1. The van der Waals surface area contributed by atoms with Crippen LogP contribution in [0.25, 0.3) is 10.8 Å². The lowest BCUT2D eigenvalue weighted by Gasteiger charge is -2.17. The minimum absolute atomic E-state index is 0. The fourth-order valence-corrected chi connectivity index (χ4v) is 7.33. The fraction of sp³-hybridized carbons (Fsp3) is 0.340. The number of pyridine rings is 1. The number of fused-ring (bicyclic) bond motifs is 3. The van der Waals surface area contributed by atoms with Gasteiger partial charge in [-0.2, -0.15) is 0 Å². The summed E-state index contributed by atoms with van der Waals surface area (Å²) < 4.78 is 58.2. The zero-order valence-corrected chi connectivity index (χ0v) is 42.1. The van der Waals surface area contributed by atoms with E-state index in [0.717, 1.165) is 53.7 Å².